The molecule has 2 amide bonds. The van der Waals surface area contributed by atoms with E-state index in [1.807, 2.05) is 28.9 Å². The molecular weight excluding hydrogens is 412 g/mol. The Morgan fingerprint density at radius 3 is 2.39 bits per heavy atom. The summed E-state index contributed by atoms with van der Waals surface area (Å²) in [5, 5.41) is 10.7. The highest BCUT2D eigenvalue weighted by molar-refractivity contribution is 5.96. The van der Waals surface area contributed by atoms with E-state index in [0.29, 0.717) is 18.2 Å². The van der Waals surface area contributed by atoms with E-state index in [4.69, 9.17) is 5.10 Å². The first-order chi connectivity index (χ1) is 15.6. The van der Waals surface area contributed by atoms with Crippen molar-refractivity contribution in [3.63, 3.8) is 0 Å². The van der Waals surface area contributed by atoms with Crippen LogP contribution in [0.3, 0.4) is 0 Å². The number of aromatic nitrogens is 2. The average molecular weight is 453 g/mol. The molecule has 0 radical (unpaired) electrons. The Morgan fingerprint density at radius 1 is 1.09 bits per heavy atom. The molecule has 33 heavy (non-hydrogen) atoms. The molecule has 2 N–H and O–H groups in total. The minimum atomic E-state index is -0.602. The van der Waals surface area contributed by atoms with Gasteiger partial charge in [-0.2, -0.15) is 5.10 Å². The lowest BCUT2D eigenvalue weighted by Gasteiger charge is -2.24. The Kier molecular flexibility index (Phi) is 8.33. The average Bonchev–Trinajstić information content (AvgIpc) is 3.19. The highest BCUT2D eigenvalue weighted by atomic mass is 16.2. The Morgan fingerprint density at radius 2 is 1.76 bits per heavy atom. The molecule has 1 aliphatic carbocycles. The molecule has 6 nitrogen and oxygen atoms in total. The molecule has 0 saturated heterocycles. The quantitative estimate of drug-likeness (QED) is 0.563. The Balaban J connectivity index is 1.65. The summed E-state index contributed by atoms with van der Waals surface area (Å²) in [6, 6.07) is 11.7. The zero-order chi connectivity index (χ0) is 24.0. The molecule has 1 saturated carbocycles. The van der Waals surface area contributed by atoms with E-state index in [1.54, 1.807) is 6.92 Å². The van der Waals surface area contributed by atoms with E-state index in [-0.39, 0.29) is 23.3 Å². The van der Waals surface area contributed by atoms with E-state index >= 15 is 0 Å². The van der Waals surface area contributed by atoms with Crippen molar-refractivity contribution in [2.45, 2.75) is 97.1 Å². The van der Waals surface area contributed by atoms with E-state index in [2.05, 4.69) is 50.5 Å². The maximum absolute atomic E-state index is 12.9. The summed E-state index contributed by atoms with van der Waals surface area (Å²) >= 11 is 0. The van der Waals surface area contributed by atoms with Gasteiger partial charge in [-0.3, -0.25) is 9.59 Å². The van der Waals surface area contributed by atoms with Crippen LogP contribution in [-0.2, 0) is 21.5 Å². The topological polar surface area (TPSA) is 76.0 Å². The van der Waals surface area contributed by atoms with Crippen LogP contribution in [0, 0.1) is 5.92 Å². The molecule has 1 aliphatic rings. The summed E-state index contributed by atoms with van der Waals surface area (Å²) in [6.07, 6.45) is 7.29. The number of amides is 2. The number of carbonyl (C=O) groups is 2. The van der Waals surface area contributed by atoms with Crippen LogP contribution in [0.2, 0.25) is 0 Å². The third kappa shape index (κ3) is 7.18. The van der Waals surface area contributed by atoms with Crippen LogP contribution in [-0.4, -0.2) is 27.6 Å². The van der Waals surface area contributed by atoms with Crippen molar-refractivity contribution in [1.82, 2.24) is 15.1 Å². The van der Waals surface area contributed by atoms with Crippen LogP contribution in [0.25, 0.3) is 0 Å². The SMILES string of the molecule is CC(NC(=O)CC1CCCCC1)C(=O)Nc1cc(C(C)Cc2ccccc2)nn1C(C)(C)C. The van der Waals surface area contributed by atoms with Gasteiger partial charge in [0.25, 0.3) is 0 Å². The molecule has 2 unspecified atom stereocenters. The second kappa shape index (κ2) is 11.0. The normalized spacial score (nSPS) is 16.8. The monoisotopic (exact) mass is 452 g/mol. The molecule has 1 heterocycles. The van der Waals surface area contributed by atoms with Gasteiger partial charge in [-0.25, -0.2) is 4.68 Å². The first-order valence-electron chi connectivity index (χ1n) is 12.4. The third-order valence-electron chi connectivity index (χ3n) is 6.47. The summed E-state index contributed by atoms with van der Waals surface area (Å²) in [4.78, 5) is 25.4. The minimum Gasteiger partial charge on any atom is -0.345 e. The van der Waals surface area contributed by atoms with Crippen LogP contribution >= 0.6 is 0 Å². The number of benzene rings is 1. The molecule has 0 aliphatic heterocycles. The maximum Gasteiger partial charge on any atom is 0.247 e. The molecule has 0 spiro atoms. The Labute approximate surface area is 198 Å². The summed E-state index contributed by atoms with van der Waals surface area (Å²) < 4.78 is 1.87. The molecule has 6 heteroatoms. The maximum atomic E-state index is 12.9. The number of hydrogen-bond donors (Lipinski definition) is 2. The molecule has 1 fully saturated rings. The van der Waals surface area contributed by atoms with Crippen LogP contribution in [0.15, 0.2) is 36.4 Å². The number of hydrogen-bond acceptors (Lipinski definition) is 3. The summed E-state index contributed by atoms with van der Waals surface area (Å²) in [5.41, 5.74) is 1.91. The largest absolute Gasteiger partial charge is 0.345 e. The fraction of sp³-hybridized carbons (Fsp3) is 0.593. The van der Waals surface area contributed by atoms with Crippen molar-refractivity contribution in [2.75, 3.05) is 5.32 Å². The lowest BCUT2D eigenvalue weighted by Crippen LogP contribution is -2.42. The minimum absolute atomic E-state index is 0.0361. The van der Waals surface area contributed by atoms with Crippen molar-refractivity contribution >= 4 is 17.6 Å². The molecule has 1 aromatic heterocycles. The van der Waals surface area contributed by atoms with Crippen LogP contribution in [0.4, 0.5) is 5.82 Å². The van der Waals surface area contributed by atoms with Gasteiger partial charge in [-0.15, -0.1) is 0 Å². The van der Waals surface area contributed by atoms with Crippen molar-refractivity contribution in [1.29, 1.82) is 0 Å². The molecule has 2 aromatic rings. The third-order valence-corrected chi connectivity index (χ3v) is 6.47. The van der Waals surface area contributed by atoms with Gasteiger partial charge in [0.15, 0.2) is 0 Å². The Bertz CT molecular complexity index is 923. The van der Waals surface area contributed by atoms with E-state index in [9.17, 15) is 9.59 Å². The van der Waals surface area contributed by atoms with Gasteiger partial charge >= 0.3 is 0 Å². The van der Waals surface area contributed by atoms with Crippen molar-refractivity contribution < 1.29 is 9.59 Å². The fourth-order valence-corrected chi connectivity index (χ4v) is 4.57. The van der Waals surface area contributed by atoms with Gasteiger partial charge < -0.3 is 10.6 Å². The van der Waals surface area contributed by atoms with Gasteiger partial charge in [0, 0.05) is 18.4 Å². The highest BCUT2D eigenvalue weighted by Crippen LogP contribution is 2.28. The van der Waals surface area contributed by atoms with E-state index < -0.39 is 6.04 Å². The van der Waals surface area contributed by atoms with E-state index in [0.717, 1.165) is 25.0 Å². The molecule has 1 aromatic carbocycles. The van der Waals surface area contributed by atoms with Crippen LogP contribution < -0.4 is 10.6 Å². The van der Waals surface area contributed by atoms with Gasteiger partial charge in [0.1, 0.15) is 11.9 Å². The molecular formula is C27H40N4O2. The lowest BCUT2D eigenvalue weighted by atomic mass is 9.87. The number of nitrogens with one attached hydrogen (secondary N) is 2. The number of anilines is 1. The number of rotatable bonds is 8. The van der Waals surface area contributed by atoms with Crippen LogP contribution in [0.1, 0.15) is 90.3 Å². The highest BCUT2D eigenvalue weighted by Gasteiger charge is 2.25. The van der Waals surface area contributed by atoms with Crippen molar-refractivity contribution in [3.8, 4) is 0 Å². The second-order valence-electron chi connectivity index (χ2n) is 10.6. The number of carbonyl (C=O) groups excluding carboxylic acids is 2. The molecule has 2 atom stereocenters. The Hall–Kier alpha value is -2.63. The lowest BCUT2D eigenvalue weighted by molar-refractivity contribution is -0.127. The molecule has 3 rings (SSSR count). The number of nitrogens with zero attached hydrogens (tertiary/aromatic N) is 2. The van der Waals surface area contributed by atoms with E-state index in [1.165, 1.54) is 24.8 Å². The van der Waals surface area contributed by atoms with Crippen molar-refractivity contribution in [3.05, 3.63) is 47.7 Å². The van der Waals surface area contributed by atoms with Gasteiger partial charge in [-0.1, -0.05) is 56.5 Å². The second-order valence-corrected chi connectivity index (χ2v) is 10.6. The molecule has 180 valence electrons. The summed E-state index contributed by atoms with van der Waals surface area (Å²) in [5.74, 6) is 1.06. The van der Waals surface area contributed by atoms with Gasteiger partial charge in [0.2, 0.25) is 11.8 Å². The zero-order valence-corrected chi connectivity index (χ0v) is 20.9. The van der Waals surface area contributed by atoms with Gasteiger partial charge in [-0.05, 0) is 58.4 Å². The first-order valence-corrected chi connectivity index (χ1v) is 12.4. The standard InChI is InChI=1S/C27H40N4O2/c1-19(16-21-12-8-6-9-13-21)23-18-24(31(30-23)27(3,4)5)29-26(33)20(2)28-25(32)17-22-14-10-7-11-15-22/h6,8-9,12-13,18-20,22H,7,10-11,14-17H2,1-5H3,(H,28,32)(H,29,33). The molecule has 0 bridgehead atoms. The van der Waals surface area contributed by atoms with Crippen LogP contribution in [0.5, 0.6) is 0 Å². The predicted octanol–water partition coefficient (Wildman–Crippen LogP) is 5.40. The predicted molar refractivity (Wildman–Crippen MR) is 133 cm³/mol. The fourth-order valence-electron chi connectivity index (χ4n) is 4.57. The summed E-state index contributed by atoms with van der Waals surface area (Å²) in [6.45, 7) is 10.1. The van der Waals surface area contributed by atoms with Crippen molar-refractivity contribution in [2.24, 2.45) is 5.92 Å². The smallest absolute Gasteiger partial charge is 0.247 e. The van der Waals surface area contributed by atoms with Gasteiger partial charge in [0.05, 0.1) is 11.2 Å². The first kappa shape index (κ1) is 25.0. The zero-order valence-electron chi connectivity index (χ0n) is 20.9. The summed E-state index contributed by atoms with van der Waals surface area (Å²) in [7, 11) is 0.